The zero-order chi connectivity index (χ0) is 10.7. The average Bonchev–Trinajstić information content (AvgIpc) is 2.16. The zero-order valence-electron chi connectivity index (χ0n) is 9.33. The highest BCUT2D eigenvalue weighted by atomic mass is 16.5. The number of rotatable bonds is 4. The summed E-state index contributed by atoms with van der Waals surface area (Å²) in [7, 11) is 0. The second kappa shape index (κ2) is 4.23. The maximum atomic E-state index is 6.22. The second-order valence-electron chi connectivity index (χ2n) is 4.47. The molecule has 1 saturated carbocycles. The lowest BCUT2D eigenvalue weighted by molar-refractivity contribution is 0.247. The Morgan fingerprint density at radius 3 is 2.80 bits per heavy atom. The van der Waals surface area contributed by atoms with Gasteiger partial charge in [-0.05, 0) is 50.3 Å². The van der Waals surface area contributed by atoms with Gasteiger partial charge in [0.05, 0.1) is 6.61 Å². The third kappa shape index (κ3) is 2.51. The molecule has 0 aliphatic heterocycles. The van der Waals surface area contributed by atoms with Crippen molar-refractivity contribution in [1.82, 2.24) is 0 Å². The van der Waals surface area contributed by atoms with Crippen LogP contribution in [0.25, 0.3) is 0 Å². The van der Waals surface area contributed by atoms with Crippen molar-refractivity contribution in [3.05, 3.63) is 29.8 Å². The van der Waals surface area contributed by atoms with E-state index in [-0.39, 0.29) is 5.54 Å². The number of nitrogens with two attached hydrogens (primary N) is 1. The minimum absolute atomic E-state index is 0.0604. The molecular weight excluding hydrogens is 186 g/mol. The van der Waals surface area contributed by atoms with Crippen LogP contribution in [0.5, 0.6) is 5.75 Å². The summed E-state index contributed by atoms with van der Waals surface area (Å²) >= 11 is 0. The summed E-state index contributed by atoms with van der Waals surface area (Å²) in [5.74, 6) is 0.956. The van der Waals surface area contributed by atoms with E-state index >= 15 is 0 Å². The normalized spacial score (nSPS) is 18.3. The number of ether oxygens (including phenoxy) is 1. The van der Waals surface area contributed by atoms with E-state index in [1.807, 2.05) is 19.1 Å². The smallest absolute Gasteiger partial charge is 0.119 e. The predicted octanol–water partition coefficient (Wildman–Crippen LogP) is 2.51. The van der Waals surface area contributed by atoms with Gasteiger partial charge in [0.15, 0.2) is 0 Å². The summed E-state index contributed by atoms with van der Waals surface area (Å²) in [4.78, 5) is 0. The SMILES string of the molecule is CCOc1cccc(CC2(N)CCC2)c1. The molecule has 0 bridgehead atoms. The van der Waals surface area contributed by atoms with Crippen LogP contribution in [0.1, 0.15) is 31.7 Å². The zero-order valence-corrected chi connectivity index (χ0v) is 9.33. The molecule has 1 aromatic rings. The Kier molecular flexibility index (Phi) is 2.96. The largest absolute Gasteiger partial charge is 0.494 e. The summed E-state index contributed by atoms with van der Waals surface area (Å²) in [6, 6.07) is 8.28. The van der Waals surface area contributed by atoms with Crippen LogP contribution in [-0.2, 0) is 6.42 Å². The highest BCUT2D eigenvalue weighted by Gasteiger charge is 2.32. The first kappa shape index (κ1) is 10.5. The lowest BCUT2D eigenvalue weighted by atomic mass is 9.74. The molecule has 15 heavy (non-hydrogen) atoms. The number of benzene rings is 1. The Balaban J connectivity index is 2.04. The van der Waals surface area contributed by atoms with Crippen molar-refractivity contribution in [3.63, 3.8) is 0 Å². The molecule has 0 unspecified atom stereocenters. The van der Waals surface area contributed by atoms with Gasteiger partial charge in [0.25, 0.3) is 0 Å². The van der Waals surface area contributed by atoms with Crippen LogP contribution in [-0.4, -0.2) is 12.1 Å². The van der Waals surface area contributed by atoms with Gasteiger partial charge in [-0.25, -0.2) is 0 Å². The van der Waals surface area contributed by atoms with Crippen LogP contribution >= 0.6 is 0 Å². The summed E-state index contributed by atoms with van der Waals surface area (Å²) in [5.41, 5.74) is 7.57. The molecule has 0 saturated heterocycles. The third-order valence-corrected chi connectivity index (χ3v) is 3.11. The molecule has 0 heterocycles. The average molecular weight is 205 g/mol. The fourth-order valence-corrected chi connectivity index (χ4v) is 2.13. The molecule has 1 aliphatic carbocycles. The van der Waals surface area contributed by atoms with Crippen molar-refractivity contribution >= 4 is 0 Å². The topological polar surface area (TPSA) is 35.2 Å². The molecule has 2 rings (SSSR count). The molecule has 1 aromatic carbocycles. The van der Waals surface area contributed by atoms with E-state index in [1.54, 1.807) is 0 Å². The van der Waals surface area contributed by atoms with E-state index in [4.69, 9.17) is 10.5 Å². The van der Waals surface area contributed by atoms with E-state index < -0.39 is 0 Å². The first-order chi connectivity index (χ1) is 7.22. The first-order valence-electron chi connectivity index (χ1n) is 5.72. The lowest BCUT2D eigenvalue weighted by Crippen LogP contribution is -2.48. The van der Waals surface area contributed by atoms with E-state index in [9.17, 15) is 0 Å². The molecule has 0 radical (unpaired) electrons. The van der Waals surface area contributed by atoms with Gasteiger partial charge in [0.1, 0.15) is 5.75 Å². The van der Waals surface area contributed by atoms with Gasteiger partial charge in [-0.3, -0.25) is 0 Å². The van der Waals surface area contributed by atoms with Crippen molar-refractivity contribution in [1.29, 1.82) is 0 Å². The van der Waals surface area contributed by atoms with E-state index in [0.29, 0.717) is 0 Å². The molecule has 2 heteroatoms. The predicted molar refractivity (Wildman–Crippen MR) is 62.1 cm³/mol. The fourth-order valence-electron chi connectivity index (χ4n) is 2.13. The molecule has 0 aromatic heterocycles. The summed E-state index contributed by atoms with van der Waals surface area (Å²) in [6.45, 7) is 2.72. The lowest BCUT2D eigenvalue weighted by Gasteiger charge is -2.38. The molecule has 0 spiro atoms. The number of hydrogen-bond acceptors (Lipinski definition) is 2. The third-order valence-electron chi connectivity index (χ3n) is 3.11. The molecule has 2 N–H and O–H groups in total. The minimum atomic E-state index is 0.0604. The van der Waals surface area contributed by atoms with Crippen molar-refractivity contribution in [3.8, 4) is 5.75 Å². The van der Waals surface area contributed by atoms with Crippen LogP contribution in [0.15, 0.2) is 24.3 Å². The molecule has 2 nitrogen and oxygen atoms in total. The van der Waals surface area contributed by atoms with Crippen LogP contribution in [0, 0.1) is 0 Å². The van der Waals surface area contributed by atoms with Crippen LogP contribution < -0.4 is 10.5 Å². The summed E-state index contributed by atoms with van der Waals surface area (Å²) < 4.78 is 5.47. The molecule has 1 fully saturated rings. The summed E-state index contributed by atoms with van der Waals surface area (Å²) in [5, 5.41) is 0. The fraction of sp³-hybridized carbons (Fsp3) is 0.538. The van der Waals surface area contributed by atoms with Crippen molar-refractivity contribution in [2.45, 2.75) is 38.1 Å². The second-order valence-corrected chi connectivity index (χ2v) is 4.47. The first-order valence-corrected chi connectivity index (χ1v) is 5.72. The molecule has 82 valence electrons. The quantitative estimate of drug-likeness (QED) is 0.819. The van der Waals surface area contributed by atoms with Crippen LogP contribution in [0.4, 0.5) is 0 Å². The van der Waals surface area contributed by atoms with Crippen LogP contribution in [0.3, 0.4) is 0 Å². The number of hydrogen-bond donors (Lipinski definition) is 1. The van der Waals surface area contributed by atoms with Gasteiger partial charge in [0, 0.05) is 5.54 Å². The van der Waals surface area contributed by atoms with Gasteiger partial charge < -0.3 is 10.5 Å². The van der Waals surface area contributed by atoms with Crippen molar-refractivity contribution in [2.75, 3.05) is 6.61 Å². The standard InChI is InChI=1S/C13H19NO/c1-2-15-12-6-3-5-11(9-12)10-13(14)7-4-8-13/h3,5-6,9H,2,4,7-8,10,14H2,1H3. The Morgan fingerprint density at radius 1 is 1.40 bits per heavy atom. The van der Waals surface area contributed by atoms with Gasteiger partial charge in [-0.1, -0.05) is 12.1 Å². The monoisotopic (exact) mass is 205 g/mol. The highest BCUT2D eigenvalue weighted by molar-refractivity contribution is 5.30. The van der Waals surface area contributed by atoms with Crippen molar-refractivity contribution < 1.29 is 4.74 Å². The van der Waals surface area contributed by atoms with Crippen molar-refractivity contribution in [2.24, 2.45) is 5.73 Å². The maximum absolute atomic E-state index is 6.22. The Morgan fingerprint density at radius 2 is 2.20 bits per heavy atom. The highest BCUT2D eigenvalue weighted by Crippen LogP contribution is 2.32. The van der Waals surface area contributed by atoms with Gasteiger partial charge >= 0.3 is 0 Å². The molecular formula is C13H19NO. The van der Waals surface area contributed by atoms with Gasteiger partial charge in [-0.15, -0.1) is 0 Å². The van der Waals surface area contributed by atoms with Gasteiger partial charge in [-0.2, -0.15) is 0 Å². The minimum Gasteiger partial charge on any atom is -0.494 e. The van der Waals surface area contributed by atoms with Crippen LogP contribution in [0.2, 0.25) is 0 Å². The van der Waals surface area contributed by atoms with E-state index in [2.05, 4.69) is 12.1 Å². The van der Waals surface area contributed by atoms with E-state index in [1.165, 1.54) is 12.0 Å². The Hall–Kier alpha value is -1.02. The Labute approximate surface area is 91.4 Å². The van der Waals surface area contributed by atoms with E-state index in [0.717, 1.165) is 31.6 Å². The maximum Gasteiger partial charge on any atom is 0.119 e. The Bertz CT molecular complexity index is 331. The molecule has 0 atom stereocenters. The summed E-state index contributed by atoms with van der Waals surface area (Å²) in [6.07, 6.45) is 4.58. The molecule has 1 aliphatic rings. The molecule has 0 amide bonds. The van der Waals surface area contributed by atoms with Gasteiger partial charge in [0.2, 0.25) is 0 Å².